The Morgan fingerprint density at radius 3 is 2.76 bits per heavy atom. The van der Waals surface area contributed by atoms with Crippen LogP contribution in [-0.2, 0) is 12.5 Å². The molecule has 0 saturated heterocycles. The molecule has 2 rings (SSSR count). The van der Waals surface area contributed by atoms with Crippen LogP contribution in [0.2, 0.25) is 0 Å². The Morgan fingerprint density at radius 2 is 2.10 bits per heavy atom. The molecule has 0 aliphatic carbocycles. The fourth-order valence-corrected chi connectivity index (χ4v) is 2.53. The minimum atomic E-state index is -0.674. The predicted octanol–water partition coefficient (Wildman–Crippen LogP) is 4.81. The summed E-state index contributed by atoms with van der Waals surface area (Å²) in [6.45, 7) is 0.00506. The first-order valence-electron chi connectivity index (χ1n) is 5.91. The average molecular weight is 375 g/mol. The van der Waals surface area contributed by atoms with Crippen LogP contribution in [-0.4, -0.2) is 4.92 Å². The van der Waals surface area contributed by atoms with E-state index in [2.05, 4.69) is 15.9 Å². The third-order valence-electron chi connectivity index (χ3n) is 2.73. The summed E-state index contributed by atoms with van der Waals surface area (Å²) in [5, 5.41) is 10.7. The number of non-ortho nitro benzene ring substituents is 1. The number of hydrogen-bond acceptors (Lipinski definition) is 3. The maximum atomic E-state index is 13.3. The van der Waals surface area contributed by atoms with Crippen LogP contribution >= 0.6 is 27.5 Å². The molecule has 7 heteroatoms. The van der Waals surface area contributed by atoms with Crippen LogP contribution in [0.3, 0.4) is 0 Å². The highest BCUT2D eigenvalue weighted by Crippen LogP contribution is 2.31. The SMILES string of the molecule is O=[N+]([O-])c1cc(F)cc(COc2c(Br)cccc2CCl)c1. The van der Waals surface area contributed by atoms with Gasteiger partial charge in [0.15, 0.2) is 0 Å². The minimum absolute atomic E-state index is 0.00506. The van der Waals surface area contributed by atoms with E-state index in [1.165, 1.54) is 12.1 Å². The second-order valence-corrected chi connectivity index (χ2v) is 5.35. The summed E-state index contributed by atoms with van der Waals surface area (Å²) in [5.74, 6) is 0.129. The van der Waals surface area contributed by atoms with Gasteiger partial charge in [-0.25, -0.2) is 4.39 Å². The number of nitro groups is 1. The van der Waals surface area contributed by atoms with E-state index in [1.54, 1.807) is 12.1 Å². The van der Waals surface area contributed by atoms with Gasteiger partial charge in [-0.3, -0.25) is 10.1 Å². The molecule has 0 aliphatic rings. The summed E-state index contributed by atoms with van der Waals surface area (Å²) in [6, 6.07) is 8.76. The van der Waals surface area contributed by atoms with E-state index in [4.69, 9.17) is 16.3 Å². The number of halogens is 3. The monoisotopic (exact) mass is 373 g/mol. The predicted molar refractivity (Wildman–Crippen MR) is 81.1 cm³/mol. The number of ether oxygens (including phenoxy) is 1. The van der Waals surface area contributed by atoms with E-state index in [0.717, 1.165) is 11.6 Å². The first-order chi connectivity index (χ1) is 10.0. The standard InChI is InChI=1S/C14H10BrClFNO3/c15-13-3-1-2-10(7-16)14(13)21-8-9-4-11(17)6-12(5-9)18(19)20/h1-6H,7-8H2. The number of nitro benzene ring substituents is 1. The molecule has 0 N–H and O–H groups in total. The number of para-hydroxylation sites is 1. The Morgan fingerprint density at radius 1 is 1.33 bits per heavy atom. The molecule has 0 fully saturated rings. The second-order valence-electron chi connectivity index (χ2n) is 4.23. The Hall–Kier alpha value is -1.66. The Kier molecular flexibility index (Phi) is 5.14. The van der Waals surface area contributed by atoms with Gasteiger partial charge in [0.1, 0.15) is 18.2 Å². The highest BCUT2D eigenvalue weighted by Gasteiger charge is 2.12. The lowest BCUT2D eigenvalue weighted by Gasteiger charge is -2.12. The summed E-state index contributed by atoms with van der Waals surface area (Å²) in [5.41, 5.74) is 0.841. The van der Waals surface area contributed by atoms with Gasteiger partial charge >= 0.3 is 0 Å². The molecule has 21 heavy (non-hydrogen) atoms. The van der Waals surface area contributed by atoms with Crippen molar-refractivity contribution >= 4 is 33.2 Å². The van der Waals surface area contributed by atoms with Crippen molar-refractivity contribution in [3.05, 3.63) is 67.9 Å². The van der Waals surface area contributed by atoms with Crippen molar-refractivity contribution < 1.29 is 14.1 Å². The van der Waals surface area contributed by atoms with Gasteiger partial charge in [-0.1, -0.05) is 12.1 Å². The topological polar surface area (TPSA) is 52.4 Å². The largest absolute Gasteiger partial charge is 0.487 e. The van der Waals surface area contributed by atoms with Crippen molar-refractivity contribution in [3.8, 4) is 5.75 Å². The van der Waals surface area contributed by atoms with E-state index in [-0.39, 0.29) is 18.2 Å². The molecule has 0 atom stereocenters. The molecule has 0 saturated carbocycles. The van der Waals surface area contributed by atoms with Crippen LogP contribution in [0.1, 0.15) is 11.1 Å². The van der Waals surface area contributed by atoms with Crippen LogP contribution in [0.15, 0.2) is 40.9 Å². The van der Waals surface area contributed by atoms with Gasteiger partial charge < -0.3 is 4.74 Å². The van der Waals surface area contributed by atoms with Crippen molar-refractivity contribution in [2.24, 2.45) is 0 Å². The normalized spacial score (nSPS) is 10.4. The molecule has 0 radical (unpaired) electrons. The average Bonchev–Trinajstić information content (AvgIpc) is 2.45. The highest BCUT2D eigenvalue weighted by atomic mass is 79.9. The first kappa shape index (κ1) is 15.7. The second kappa shape index (κ2) is 6.87. The number of alkyl halides is 1. The molecular weight excluding hydrogens is 365 g/mol. The van der Waals surface area contributed by atoms with Gasteiger partial charge in [-0.15, -0.1) is 11.6 Å². The van der Waals surface area contributed by atoms with Gasteiger partial charge in [-0.05, 0) is 33.6 Å². The zero-order valence-electron chi connectivity index (χ0n) is 10.7. The quantitative estimate of drug-likeness (QED) is 0.428. The fourth-order valence-electron chi connectivity index (χ4n) is 1.80. The molecule has 0 bridgehead atoms. The fraction of sp³-hybridized carbons (Fsp3) is 0.143. The molecule has 2 aromatic rings. The van der Waals surface area contributed by atoms with Gasteiger partial charge in [0.2, 0.25) is 0 Å². The molecule has 0 unspecified atom stereocenters. The molecule has 4 nitrogen and oxygen atoms in total. The summed E-state index contributed by atoms with van der Waals surface area (Å²) in [6.07, 6.45) is 0. The van der Waals surface area contributed by atoms with Crippen molar-refractivity contribution in [1.82, 2.24) is 0 Å². The molecule has 0 heterocycles. The van der Waals surface area contributed by atoms with Crippen LogP contribution in [0.25, 0.3) is 0 Å². The van der Waals surface area contributed by atoms with E-state index in [1.807, 2.05) is 6.07 Å². The first-order valence-corrected chi connectivity index (χ1v) is 7.24. The van der Waals surface area contributed by atoms with Crippen molar-refractivity contribution in [1.29, 1.82) is 0 Å². The van der Waals surface area contributed by atoms with Gasteiger partial charge in [0.25, 0.3) is 5.69 Å². The van der Waals surface area contributed by atoms with Crippen molar-refractivity contribution in [2.75, 3.05) is 0 Å². The maximum absolute atomic E-state index is 13.3. The summed E-state index contributed by atoms with van der Waals surface area (Å²) < 4.78 is 19.7. The molecule has 0 aliphatic heterocycles. The lowest BCUT2D eigenvalue weighted by atomic mass is 10.2. The van der Waals surface area contributed by atoms with E-state index >= 15 is 0 Å². The van der Waals surface area contributed by atoms with E-state index < -0.39 is 10.7 Å². The summed E-state index contributed by atoms with van der Waals surface area (Å²) in [7, 11) is 0. The smallest absolute Gasteiger partial charge is 0.272 e. The van der Waals surface area contributed by atoms with Crippen molar-refractivity contribution in [3.63, 3.8) is 0 Å². The number of benzene rings is 2. The number of rotatable bonds is 5. The minimum Gasteiger partial charge on any atom is -0.487 e. The Balaban J connectivity index is 2.23. The third kappa shape index (κ3) is 3.92. The van der Waals surface area contributed by atoms with Crippen LogP contribution in [0, 0.1) is 15.9 Å². The van der Waals surface area contributed by atoms with Gasteiger partial charge in [0.05, 0.1) is 21.3 Å². The molecule has 0 aromatic heterocycles. The molecule has 110 valence electrons. The zero-order chi connectivity index (χ0) is 15.4. The lowest BCUT2D eigenvalue weighted by Crippen LogP contribution is -2.00. The van der Waals surface area contributed by atoms with Crippen molar-refractivity contribution in [2.45, 2.75) is 12.5 Å². The number of hydrogen-bond donors (Lipinski definition) is 0. The molecule has 0 amide bonds. The zero-order valence-corrected chi connectivity index (χ0v) is 13.0. The number of nitrogens with zero attached hydrogens (tertiary/aromatic N) is 1. The molecule has 0 spiro atoms. The lowest BCUT2D eigenvalue weighted by molar-refractivity contribution is -0.385. The van der Waals surface area contributed by atoms with Gasteiger partial charge in [-0.2, -0.15) is 0 Å². The van der Waals surface area contributed by atoms with Gasteiger partial charge in [0, 0.05) is 11.6 Å². The highest BCUT2D eigenvalue weighted by molar-refractivity contribution is 9.10. The van der Waals surface area contributed by atoms with Crippen LogP contribution in [0.4, 0.5) is 10.1 Å². The molecule has 2 aromatic carbocycles. The Bertz CT molecular complexity index is 681. The molecular formula is C14H10BrClFNO3. The van der Waals surface area contributed by atoms with Crippen LogP contribution < -0.4 is 4.74 Å². The van der Waals surface area contributed by atoms with E-state index in [0.29, 0.717) is 15.8 Å². The maximum Gasteiger partial charge on any atom is 0.272 e. The Labute approximate surface area is 133 Å². The van der Waals surface area contributed by atoms with E-state index in [9.17, 15) is 14.5 Å². The summed E-state index contributed by atoms with van der Waals surface area (Å²) >= 11 is 9.18. The van der Waals surface area contributed by atoms with Crippen LogP contribution in [0.5, 0.6) is 5.75 Å². The summed E-state index contributed by atoms with van der Waals surface area (Å²) in [4.78, 5) is 10.1. The third-order valence-corrected chi connectivity index (χ3v) is 3.64.